The highest BCUT2D eigenvalue weighted by Gasteiger charge is 2.47. The largest absolute Gasteiger partial charge is 0.454 e. The maximum Gasteiger partial charge on any atom is 0.306 e. The predicted octanol–water partition coefficient (Wildman–Crippen LogP) is 14.9. The van der Waals surface area contributed by atoms with Crippen molar-refractivity contribution in [1.29, 1.82) is 0 Å². The molecule has 0 saturated carbocycles. The number of unbranched alkanes of at least 4 members (excludes halogenated alkanes) is 30. The van der Waals surface area contributed by atoms with Crippen LogP contribution in [-0.4, -0.2) is 99.6 Å². The standard InChI is InChI=1S/C66H115NO10/c1-4-7-10-13-16-19-22-25-27-28-29-30-31-32-33-36-39-42-45-48-51-54-61(71)77-64-63(73)62(72)60(55-68)76-66(64)75-56-57(58(69)52-49-46-43-40-37-34-24-21-18-15-12-9-6-3)67-65(74)59(70)53-50-47-44-41-38-35-26-23-20-17-14-11-8-5-2/h8,11,14,17,20,23,25-27,35,38,41,49,52,57-60,62-64,66,68-70,72-73H,4-7,9-10,12-13,15-16,18-19,21-22,24,28-34,36-37,39-40,42-48,50-51,53-56H2,1-3H3,(H,67,74)/b11-8+,17-14+,23-20-,27-25+,35-26-,41-38+,52-49+. The number of hydrogen-bond acceptors (Lipinski definition) is 10. The third kappa shape index (κ3) is 41.5. The highest BCUT2D eigenvalue weighted by atomic mass is 16.7. The molecule has 1 fully saturated rings. The van der Waals surface area contributed by atoms with Crippen molar-refractivity contribution >= 4 is 11.9 Å². The minimum Gasteiger partial charge on any atom is -0.454 e. The maximum absolute atomic E-state index is 13.4. The molecule has 0 aliphatic carbocycles. The molecule has 0 bridgehead atoms. The molecule has 0 aromatic carbocycles. The molecule has 1 rings (SSSR count). The Morgan fingerprint density at radius 2 is 0.948 bits per heavy atom. The first kappa shape index (κ1) is 71.9. The maximum atomic E-state index is 13.4. The molecular weight excluding hydrogens is 967 g/mol. The fourth-order valence-corrected chi connectivity index (χ4v) is 9.43. The molecule has 0 aromatic rings. The van der Waals surface area contributed by atoms with E-state index in [2.05, 4.69) is 44.3 Å². The van der Waals surface area contributed by atoms with Crippen molar-refractivity contribution in [1.82, 2.24) is 5.32 Å². The fourth-order valence-electron chi connectivity index (χ4n) is 9.43. The number of aliphatic hydroxyl groups excluding tert-OH is 5. The number of hydrogen-bond donors (Lipinski definition) is 6. The number of amides is 1. The van der Waals surface area contributed by atoms with Crippen molar-refractivity contribution in [2.75, 3.05) is 13.2 Å². The van der Waals surface area contributed by atoms with Crippen molar-refractivity contribution in [3.8, 4) is 0 Å². The van der Waals surface area contributed by atoms with Crippen LogP contribution < -0.4 is 5.32 Å². The predicted molar refractivity (Wildman–Crippen MR) is 319 cm³/mol. The number of esters is 1. The van der Waals surface area contributed by atoms with E-state index in [4.69, 9.17) is 14.2 Å². The molecule has 1 saturated heterocycles. The Bertz CT molecular complexity index is 1570. The summed E-state index contributed by atoms with van der Waals surface area (Å²) in [5, 5.41) is 56.9. The summed E-state index contributed by atoms with van der Waals surface area (Å²) in [7, 11) is 0. The Balaban J connectivity index is 2.68. The Kier molecular flexibility index (Phi) is 49.9. The van der Waals surface area contributed by atoms with Crippen LogP contribution in [0.5, 0.6) is 0 Å². The van der Waals surface area contributed by atoms with Crippen LogP contribution in [0.2, 0.25) is 0 Å². The number of nitrogens with one attached hydrogen (secondary N) is 1. The van der Waals surface area contributed by atoms with Gasteiger partial charge in [-0.15, -0.1) is 0 Å². The third-order valence-electron chi connectivity index (χ3n) is 14.4. The topological polar surface area (TPSA) is 175 Å². The molecule has 11 nitrogen and oxygen atoms in total. The van der Waals surface area contributed by atoms with E-state index in [0.717, 1.165) is 64.2 Å². The van der Waals surface area contributed by atoms with Gasteiger partial charge in [0.15, 0.2) is 12.4 Å². The second-order valence-electron chi connectivity index (χ2n) is 21.5. The van der Waals surface area contributed by atoms with Crippen LogP contribution in [0.15, 0.2) is 85.1 Å². The van der Waals surface area contributed by atoms with E-state index in [-0.39, 0.29) is 19.4 Å². The molecule has 8 unspecified atom stereocenters. The van der Waals surface area contributed by atoms with Gasteiger partial charge in [-0.3, -0.25) is 9.59 Å². The molecule has 6 N–H and O–H groups in total. The number of aliphatic hydroxyl groups is 5. The molecule has 11 heteroatoms. The Morgan fingerprint density at radius 1 is 0.519 bits per heavy atom. The smallest absolute Gasteiger partial charge is 0.306 e. The van der Waals surface area contributed by atoms with E-state index in [1.54, 1.807) is 6.08 Å². The summed E-state index contributed by atoms with van der Waals surface area (Å²) in [5.41, 5.74) is 0. The van der Waals surface area contributed by atoms with E-state index < -0.39 is 67.4 Å². The average Bonchev–Trinajstić information content (AvgIpc) is 3.43. The summed E-state index contributed by atoms with van der Waals surface area (Å²) < 4.78 is 17.6. The van der Waals surface area contributed by atoms with Crippen molar-refractivity contribution < 1.29 is 49.3 Å². The lowest BCUT2D eigenvalue weighted by Gasteiger charge is -2.41. The van der Waals surface area contributed by atoms with Gasteiger partial charge in [-0.1, -0.05) is 266 Å². The van der Waals surface area contributed by atoms with E-state index in [1.165, 1.54) is 148 Å². The summed E-state index contributed by atoms with van der Waals surface area (Å²) in [5.74, 6) is -1.24. The zero-order chi connectivity index (χ0) is 56.1. The van der Waals surface area contributed by atoms with Crippen LogP contribution in [-0.2, 0) is 23.8 Å². The van der Waals surface area contributed by atoms with E-state index in [9.17, 15) is 35.1 Å². The van der Waals surface area contributed by atoms with Crippen molar-refractivity contribution in [2.24, 2.45) is 0 Å². The van der Waals surface area contributed by atoms with Crippen molar-refractivity contribution in [3.63, 3.8) is 0 Å². The normalized spacial score (nSPS) is 19.6. The van der Waals surface area contributed by atoms with Crippen LogP contribution in [0.1, 0.15) is 258 Å². The van der Waals surface area contributed by atoms with Crippen LogP contribution in [0.3, 0.4) is 0 Å². The molecule has 1 heterocycles. The van der Waals surface area contributed by atoms with Gasteiger partial charge in [-0.25, -0.2) is 0 Å². The monoisotopic (exact) mass is 1080 g/mol. The molecule has 0 aromatic heterocycles. The molecule has 1 amide bonds. The zero-order valence-electron chi connectivity index (χ0n) is 49.1. The van der Waals surface area contributed by atoms with Gasteiger partial charge in [-0.05, 0) is 70.6 Å². The molecule has 1 aliphatic rings. The SMILES string of the molecule is CC/C=C/C=C/C=C\C=C/C=C/CCCCC(O)C(=O)NC(COC1OC(CO)C(O)C(O)C1OC(=O)CCCCCCCCCCCCC/C=C/CCCCCCCC)C(O)/C=C/CCCCCCCCCCCCC. The Hall–Kier alpha value is -3.16. The number of ether oxygens (including phenoxy) is 3. The van der Waals surface area contributed by atoms with E-state index >= 15 is 0 Å². The molecule has 8 atom stereocenters. The lowest BCUT2D eigenvalue weighted by atomic mass is 9.99. The van der Waals surface area contributed by atoms with Gasteiger partial charge in [-0.2, -0.15) is 0 Å². The quantitative estimate of drug-likeness (QED) is 0.0149. The van der Waals surface area contributed by atoms with Crippen LogP contribution in [0.4, 0.5) is 0 Å². The first-order chi connectivity index (χ1) is 37.7. The first-order valence-corrected chi connectivity index (χ1v) is 31.4. The van der Waals surface area contributed by atoms with Crippen molar-refractivity contribution in [3.05, 3.63) is 85.1 Å². The summed E-state index contributed by atoms with van der Waals surface area (Å²) in [4.78, 5) is 26.5. The Labute approximate surface area is 470 Å². The van der Waals surface area contributed by atoms with Gasteiger partial charge in [0.25, 0.3) is 0 Å². The summed E-state index contributed by atoms with van der Waals surface area (Å²) in [6.07, 6.45) is 59.1. The van der Waals surface area contributed by atoms with Gasteiger partial charge in [0.1, 0.15) is 24.4 Å². The minimum absolute atomic E-state index is 0.115. The highest BCUT2D eigenvalue weighted by molar-refractivity contribution is 5.80. The summed E-state index contributed by atoms with van der Waals surface area (Å²) in [6, 6.07) is -1.05. The van der Waals surface area contributed by atoms with Gasteiger partial charge in [0, 0.05) is 6.42 Å². The lowest BCUT2D eigenvalue weighted by Crippen LogP contribution is -2.61. The molecule has 444 valence electrons. The zero-order valence-corrected chi connectivity index (χ0v) is 49.1. The second kappa shape index (κ2) is 53.5. The molecule has 0 radical (unpaired) electrons. The molecule has 1 aliphatic heterocycles. The molecule has 77 heavy (non-hydrogen) atoms. The number of allylic oxidation sites excluding steroid dienone is 13. The van der Waals surface area contributed by atoms with Gasteiger partial charge < -0.3 is 45.1 Å². The highest BCUT2D eigenvalue weighted by Crippen LogP contribution is 2.26. The van der Waals surface area contributed by atoms with Gasteiger partial charge in [0.05, 0.1) is 25.4 Å². The Morgan fingerprint density at radius 3 is 1.44 bits per heavy atom. The first-order valence-electron chi connectivity index (χ1n) is 31.4. The van der Waals surface area contributed by atoms with E-state index in [1.807, 2.05) is 60.8 Å². The number of carbonyl (C=O) groups excluding carboxylic acids is 2. The minimum atomic E-state index is -1.63. The van der Waals surface area contributed by atoms with E-state index in [0.29, 0.717) is 12.8 Å². The summed E-state index contributed by atoms with van der Waals surface area (Å²) >= 11 is 0. The fraction of sp³-hybridized carbons (Fsp3) is 0.758. The van der Waals surface area contributed by atoms with Crippen molar-refractivity contribution in [2.45, 2.75) is 307 Å². The second-order valence-corrected chi connectivity index (χ2v) is 21.5. The number of carbonyl (C=O) groups is 2. The number of rotatable bonds is 52. The van der Waals surface area contributed by atoms with Gasteiger partial charge in [0.2, 0.25) is 5.91 Å². The molecule has 0 spiro atoms. The summed E-state index contributed by atoms with van der Waals surface area (Å²) in [6.45, 7) is 5.62. The van der Waals surface area contributed by atoms with Gasteiger partial charge >= 0.3 is 5.97 Å². The molecular formula is C66H115NO10. The van der Waals surface area contributed by atoms with Crippen LogP contribution in [0, 0.1) is 0 Å². The average molecular weight is 1080 g/mol. The third-order valence-corrected chi connectivity index (χ3v) is 14.4. The van der Waals surface area contributed by atoms with Crippen LogP contribution >= 0.6 is 0 Å². The lowest BCUT2D eigenvalue weighted by molar-refractivity contribution is -0.305. The van der Waals surface area contributed by atoms with Crippen LogP contribution in [0.25, 0.3) is 0 Å².